The van der Waals surface area contributed by atoms with Gasteiger partial charge in [-0.2, -0.15) is 4.98 Å². The average Bonchev–Trinajstić information content (AvgIpc) is 3.26. The SMILES string of the molecule is Clc1cccc(-c2noc(Cc3nc(-c4ccccc4)cs3)n2)c1. The van der Waals surface area contributed by atoms with Crippen molar-refractivity contribution in [2.45, 2.75) is 6.42 Å². The Bertz CT molecular complexity index is 965. The second-order valence-corrected chi connectivity index (χ2v) is 6.57. The van der Waals surface area contributed by atoms with Gasteiger partial charge in [0.2, 0.25) is 11.7 Å². The van der Waals surface area contributed by atoms with Crippen molar-refractivity contribution in [1.29, 1.82) is 0 Å². The maximum absolute atomic E-state index is 6.00. The zero-order valence-corrected chi connectivity index (χ0v) is 14.1. The summed E-state index contributed by atoms with van der Waals surface area (Å²) in [7, 11) is 0. The fraction of sp³-hybridized carbons (Fsp3) is 0.0556. The molecule has 0 atom stereocenters. The normalized spacial score (nSPS) is 10.9. The largest absolute Gasteiger partial charge is 0.339 e. The topological polar surface area (TPSA) is 51.8 Å². The number of thiazole rings is 1. The lowest BCUT2D eigenvalue weighted by Crippen LogP contribution is -1.88. The van der Waals surface area contributed by atoms with Crippen molar-refractivity contribution in [1.82, 2.24) is 15.1 Å². The molecular weight excluding hydrogens is 342 g/mol. The van der Waals surface area contributed by atoms with E-state index in [1.54, 1.807) is 11.3 Å². The van der Waals surface area contributed by atoms with Crippen LogP contribution in [0.4, 0.5) is 0 Å². The van der Waals surface area contributed by atoms with Gasteiger partial charge in [0, 0.05) is 21.5 Å². The molecule has 0 radical (unpaired) electrons. The summed E-state index contributed by atoms with van der Waals surface area (Å²) in [6.45, 7) is 0. The number of hydrogen-bond donors (Lipinski definition) is 0. The van der Waals surface area contributed by atoms with Crippen LogP contribution in [0.15, 0.2) is 64.5 Å². The zero-order valence-electron chi connectivity index (χ0n) is 12.5. The van der Waals surface area contributed by atoms with E-state index in [2.05, 4.69) is 15.1 Å². The molecule has 0 bridgehead atoms. The molecule has 0 saturated carbocycles. The molecule has 4 aromatic rings. The Morgan fingerprint density at radius 3 is 2.62 bits per heavy atom. The van der Waals surface area contributed by atoms with Crippen LogP contribution in [0.3, 0.4) is 0 Å². The maximum Gasteiger partial charge on any atom is 0.233 e. The Balaban J connectivity index is 1.54. The van der Waals surface area contributed by atoms with Crippen molar-refractivity contribution in [2.75, 3.05) is 0 Å². The van der Waals surface area contributed by atoms with Crippen LogP contribution in [0.5, 0.6) is 0 Å². The van der Waals surface area contributed by atoms with E-state index in [9.17, 15) is 0 Å². The molecule has 2 aromatic heterocycles. The Kier molecular flexibility index (Phi) is 4.11. The first-order chi connectivity index (χ1) is 11.8. The molecule has 0 N–H and O–H groups in total. The zero-order chi connectivity index (χ0) is 16.4. The van der Waals surface area contributed by atoms with Gasteiger partial charge in [-0.3, -0.25) is 0 Å². The van der Waals surface area contributed by atoms with Gasteiger partial charge in [0.1, 0.15) is 5.01 Å². The summed E-state index contributed by atoms with van der Waals surface area (Å²) in [6.07, 6.45) is 0.519. The Morgan fingerprint density at radius 1 is 0.958 bits per heavy atom. The highest BCUT2D eigenvalue weighted by Crippen LogP contribution is 2.24. The van der Waals surface area contributed by atoms with Crippen LogP contribution in [-0.2, 0) is 6.42 Å². The molecule has 2 aromatic carbocycles. The second-order valence-electron chi connectivity index (χ2n) is 5.19. The molecule has 0 aliphatic rings. The summed E-state index contributed by atoms with van der Waals surface area (Å²) in [6, 6.07) is 17.5. The van der Waals surface area contributed by atoms with E-state index in [0.29, 0.717) is 23.2 Å². The Labute approximate surface area is 147 Å². The molecule has 4 nitrogen and oxygen atoms in total. The molecular formula is C18H12ClN3OS. The first-order valence-electron chi connectivity index (χ1n) is 7.36. The van der Waals surface area contributed by atoms with E-state index >= 15 is 0 Å². The minimum Gasteiger partial charge on any atom is -0.339 e. The van der Waals surface area contributed by atoms with E-state index in [0.717, 1.165) is 21.8 Å². The summed E-state index contributed by atoms with van der Waals surface area (Å²) in [5, 5.41) is 7.65. The van der Waals surface area contributed by atoms with Gasteiger partial charge in [-0.05, 0) is 12.1 Å². The van der Waals surface area contributed by atoms with E-state index in [-0.39, 0.29) is 0 Å². The number of aromatic nitrogens is 3. The van der Waals surface area contributed by atoms with Crippen molar-refractivity contribution in [3.63, 3.8) is 0 Å². The quantitative estimate of drug-likeness (QED) is 0.512. The minimum absolute atomic E-state index is 0.519. The lowest BCUT2D eigenvalue weighted by molar-refractivity contribution is 0.385. The van der Waals surface area contributed by atoms with Crippen LogP contribution in [0, 0.1) is 0 Å². The summed E-state index contributed by atoms with van der Waals surface area (Å²) in [5.74, 6) is 1.08. The fourth-order valence-corrected chi connectivity index (χ4v) is 3.32. The lowest BCUT2D eigenvalue weighted by atomic mass is 10.2. The van der Waals surface area contributed by atoms with E-state index in [4.69, 9.17) is 16.1 Å². The third-order valence-corrected chi connectivity index (χ3v) is 4.56. The molecule has 0 saturated heterocycles. The molecule has 4 rings (SSSR count). The van der Waals surface area contributed by atoms with E-state index in [1.807, 2.05) is 60.0 Å². The summed E-state index contributed by atoms with van der Waals surface area (Å²) >= 11 is 7.58. The minimum atomic E-state index is 0.519. The van der Waals surface area contributed by atoms with Gasteiger partial charge in [0.15, 0.2) is 0 Å². The smallest absolute Gasteiger partial charge is 0.233 e. The first-order valence-corrected chi connectivity index (χ1v) is 8.62. The predicted molar refractivity (Wildman–Crippen MR) is 95.1 cm³/mol. The first kappa shape index (κ1) is 15.1. The van der Waals surface area contributed by atoms with E-state index in [1.165, 1.54) is 0 Å². The average molecular weight is 354 g/mol. The van der Waals surface area contributed by atoms with Crippen LogP contribution in [0.2, 0.25) is 5.02 Å². The van der Waals surface area contributed by atoms with Crippen molar-refractivity contribution in [2.24, 2.45) is 0 Å². The molecule has 0 amide bonds. The van der Waals surface area contributed by atoms with Crippen LogP contribution in [0.1, 0.15) is 10.9 Å². The number of rotatable bonds is 4. The number of benzene rings is 2. The van der Waals surface area contributed by atoms with Gasteiger partial charge < -0.3 is 4.52 Å². The van der Waals surface area contributed by atoms with Crippen molar-refractivity contribution in [3.05, 3.63) is 75.9 Å². The van der Waals surface area contributed by atoms with Crippen LogP contribution < -0.4 is 0 Å². The van der Waals surface area contributed by atoms with Crippen molar-refractivity contribution < 1.29 is 4.52 Å². The Morgan fingerprint density at radius 2 is 1.79 bits per heavy atom. The highest BCUT2D eigenvalue weighted by atomic mass is 35.5. The molecule has 24 heavy (non-hydrogen) atoms. The van der Waals surface area contributed by atoms with Gasteiger partial charge in [0.05, 0.1) is 12.1 Å². The molecule has 0 aliphatic heterocycles. The van der Waals surface area contributed by atoms with Crippen molar-refractivity contribution in [3.8, 4) is 22.6 Å². The van der Waals surface area contributed by atoms with Crippen molar-refractivity contribution >= 4 is 22.9 Å². The molecule has 118 valence electrons. The third-order valence-electron chi connectivity index (χ3n) is 3.47. The molecule has 2 heterocycles. The third kappa shape index (κ3) is 3.22. The molecule has 6 heteroatoms. The van der Waals surface area contributed by atoms with Gasteiger partial charge in [-0.15, -0.1) is 11.3 Å². The van der Waals surface area contributed by atoms with Gasteiger partial charge in [0.25, 0.3) is 0 Å². The summed E-state index contributed by atoms with van der Waals surface area (Å²) < 4.78 is 5.34. The second kappa shape index (κ2) is 6.55. The van der Waals surface area contributed by atoms with Gasteiger partial charge in [-0.25, -0.2) is 4.98 Å². The van der Waals surface area contributed by atoms with Crippen LogP contribution >= 0.6 is 22.9 Å². The van der Waals surface area contributed by atoms with Gasteiger partial charge in [-0.1, -0.05) is 59.2 Å². The van der Waals surface area contributed by atoms with E-state index < -0.39 is 0 Å². The van der Waals surface area contributed by atoms with Crippen LogP contribution in [-0.4, -0.2) is 15.1 Å². The van der Waals surface area contributed by atoms with Gasteiger partial charge >= 0.3 is 0 Å². The fourth-order valence-electron chi connectivity index (χ4n) is 2.33. The monoisotopic (exact) mass is 353 g/mol. The molecule has 0 fully saturated rings. The standard InChI is InChI=1S/C18H12ClN3OS/c19-14-8-4-7-13(9-14)18-21-16(23-22-18)10-17-20-15(11-24-17)12-5-2-1-3-6-12/h1-9,11H,10H2. The molecule has 0 unspecified atom stereocenters. The number of halogens is 1. The highest BCUT2D eigenvalue weighted by molar-refractivity contribution is 7.10. The number of nitrogens with zero attached hydrogens (tertiary/aromatic N) is 3. The predicted octanol–water partition coefficient (Wildman–Crippen LogP) is 5.10. The highest BCUT2D eigenvalue weighted by Gasteiger charge is 2.12. The Hall–Kier alpha value is -2.50. The summed E-state index contributed by atoms with van der Waals surface area (Å²) in [5.41, 5.74) is 2.90. The molecule has 0 spiro atoms. The lowest BCUT2D eigenvalue weighted by Gasteiger charge is -1.94. The molecule has 0 aliphatic carbocycles. The van der Waals surface area contributed by atoms with Crippen LogP contribution in [0.25, 0.3) is 22.6 Å². The number of hydrogen-bond acceptors (Lipinski definition) is 5. The summed E-state index contributed by atoms with van der Waals surface area (Å²) in [4.78, 5) is 9.07. The maximum atomic E-state index is 6.00.